The SMILES string of the molecule is CCCC[C@@H]1NC(=O)CSC[C@@H](C(=O)NCC(N)=O)NC(=O)[C@H](CC(C)C)NC(=O)[C@H](Cc2ccc(O)cc2)NC(=O)[C@H](Cc2c[nH]c3ccccc23)NC(=O)CN(C)C(=O)[C@H](Cc2ccc(O)cc2)NC(=O)[C@H](Cc2ccccc2)N(C)C(=O)[C@H](C(C)C)NC(=O)[C@H](CC(=O)O)NC(=O)CN(C)C(=O)[C@H](CCCC)N(C)C(=O)[C@H](Cc2ccccc2)N(C)C1=O. The van der Waals surface area contributed by atoms with Gasteiger partial charge in [-0.25, -0.2) is 0 Å². The molecule has 0 unspecified atom stereocenters. The largest absolute Gasteiger partial charge is 0.508 e. The summed E-state index contributed by atoms with van der Waals surface area (Å²) in [5, 5.41) is 55.5. The Labute approximate surface area is 737 Å². The summed E-state index contributed by atoms with van der Waals surface area (Å²) >= 11 is 0.847. The minimum absolute atomic E-state index is 0.0463. The molecule has 1 fully saturated rings. The Kier molecular flexibility index (Phi) is 38.9. The fourth-order valence-electron chi connectivity index (χ4n) is 14.6. The lowest BCUT2D eigenvalue weighted by Gasteiger charge is -2.37. The number of carboxylic acid groups (broad SMARTS) is 1. The van der Waals surface area contributed by atoms with Gasteiger partial charge in [0.15, 0.2) is 0 Å². The number of aromatic hydroxyl groups is 2. The number of nitrogens with zero attached hydrogens (tertiary/aromatic N) is 5. The molecule has 0 aliphatic carbocycles. The van der Waals surface area contributed by atoms with Gasteiger partial charge in [-0.2, -0.15) is 0 Å². The van der Waals surface area contributed by atoms with Gasteiger partial charge in [-0.3, -0.25) is 76.7 Å². The highest BCUT2D eigenvalue weighted by atomic mass is 32.2. The van der Waals surface area contributed by atoms with E-state index in [0.29, 0.717) is 64.4 Å². The van der Waals surface area contributed by atoms with Crippen LogP contribution in [-0.4, -0.2) is 272 Å². The fraction of sp³-hybridized carbons (Fsp3) is 0.467. The highest BCUT2D eigenvalue weighted by Gasteiger charge is 2.42. The van der Waals surface area contributed by atoms with Crippen molar-refractivity contribution >= 4 is 117 Å². The Hall–Kier alpha value is -12.9. The number of unbranched alkanes of at least 4 members (excludes halogenated alkanes) is 2. The molecule has 126 heavy (non-hydrogen) atoms. The van der Waals surface area contributed by atoms with Crippen molar-refractivity contribution in [3.05, 3.63) is 167 Å². The first-order valence-corrected chi connectivity index (χ1v) is 43.3. The number of hydrogen-bond donors (Lipinski definition) is 14. The predicted molar refractivity (Wildman–Crippen MR) is 471 cm³/mol. The van der Waals surface area contributed by atoms with Crippen LogP contribution in [0, 0.1) is 11.8 Å². The Bertz CT molecular complexity index is 4770. The number of nitrogens with one attached hydrogen (secondary N) is 10. The molecule has 0 bridgehead atoms. The summed E-state index contributed by atoms with van der Waals surface area (Å²) in [4.78, 5) is 242. The molecule has 35 nitrogen and oxygen atoms in total. The summed E-state index contributed by atoms with van der Waals surface area (Å²) < 4.78 is 0. The standard InChI is InChI=1S/C90H120N16O19S/c1-12-14-29-64-87(122)106(11)73(44-56-26-20-17-21-27-56)89(124)104(9)71(31-15-13-2)88(123)103(8)50-76(111)96-68(46-78(113)114)84(119)101-79(54(5)6)90(125)105(10)72(43-55-24-18-16-19-25-55)85(120)99-69(42-58-34-38-61(108)39-35-58)86(121)102(7)49-75(110)95-67(45-59-47-92-63-30-23-22-28-62(59)63)83(118)98-66(41-57-32-36-60(107)37-33-57)82(117)97-65(40-53(3)4)81(116)100-70(51-126-52-77(112)94-64)80(115)93-48-74(91)109/h16-28,30,32-39,47,53-54,64-73,79,92,107-108H,12-15,29,31,40-46,48-52H2,1-11H3,(H2,91,109)(H,93,115)(H,94,112)(H,95,110)(H,96,111)(H,97,117)(H,98,118)(H,99,120)(H,100,116)(H,101,119)(H,113,114)/t64-,65-,66-,67-,68-,69-,70-,71-,72-,73-,79-/m0/s1. The van der Waals surface area contributed by atoms with Crippen LogP contribution in [0.3, 0.4) is 0 Å². The number of para-hydroxylation sites is 1. The highest BCUT2D eigenvalue weighted by Crippen LogP contribution is 2.24. The van der Waals surface area contributed by atoms with Crippen molar-refractivity contribution in [2.24, 2.45) is 17.6 Å². The van der Waals surface area contributed by atoms with E-state index in [2.05, 4.69) is 52.8 Å². The van der Waals surface area contributed by atoms with Gasteiger partial charge in [-0.1, -0.05) is 170 Å². The Morgan fingerprint density at radius 2 is 0.937 bits per heavy atom. The molecule has 11 atom stereocenters. The van der Waals surface area contributed by atoms with Crippen molar-refractivity contribution in [3.63, 3.8) is 0 Å². The molecule has 5 aromatic carbocycles. The number of phenols is 2. The van der Waals surface area contributed by atoms with E-state index in [-0.39, 0.29) is 74.5 Å². The molecule has 1 aromatic heterocycles. The van der Waals surface area contributed by atoms with E-state index in [9.17, 15) is 58.5 Å². The molecule has 1 aliphatic rings. The van der Waals surface area contributed by atoms with Gasteiger partial charge >= 0.3 is 5.97 Å². The van der Waals surface area contributed by atoms with Crippen molar-refractivity contribution in [2.75, 3.05) is 66.4 Å². The maximum atomic E-state index is 15.4. The van der Waals surface area contributed by atoms with Crippen LogP contribution in [0.1, 0.15) is 121 Å². The Morgan fingerprint density at radius 1 is 0.468 bits per heavy atom. The number of fused-ring (bicyclic) bond motifs is 1. The number of carboxylic acids is 1. The number of amides is 15. The summed E-state index contributed by atoms with van der Waals surface area (Å²) in [7, 11) is 6.56. The number of thioether (sulfide) groups is 1. The average molecular weight is 1760 g/mol. The number of likely N-dealkylation sites (N-methyl/N-ethyl adjacent to an activating group) is 5. The van der Waals surface area contributed by atoms with Gasteiger partial charge in [0, 0.05) is 90.2 Å². The van der Waals surface area contributed by atoms with Crippen molar-refractivity contribution in [1.29, 1.82) is 0 Å². The monoisotopic (exact) mass is 1760 g/mol. The number of aromatic nitrogens is 1. The minimum atomic E-state index is -1.90. The topological polar surface area (TPSA) is 500 Å². The maximum Gasteiger partial charge on any atom is 0.305 e. The van der Waals surface area contributed by atoms with Crippen LogP contribution in [0.4, 0.5) is 0 Å². The normalized spacial score (nSPS) is 22.2. The third-order valence-corrected chi connectivity index (χ3v) is 22.7. The number of nitrogens with two attached hydrogens (primary N) is 1. The molecule has 0 spiro atoms. The van der Waals surface area contributed by atoms with Gasteiger partial charge in [0.05, 0.1) is 31.8 Å². The van der Waals surface area contributed by atoms with E-state index >= 15 is 33.6 Å². The number of H-pyrrole nitrogens is 1. The number of aromatic amines is 1. The van der Waals surface area contributed by atoms with Crippen molar-refractivity contribution < 1.29 is 92.0 Å². The number of hydrogen-bond acceptors (Lipinski definition) is 19. The predicted octanol–water partition coefficient (Wildman–Crippen LogP) is 2.27. The number of benzene rings is 5. The van der Waals surface area contributed by atoms with Crippen molar-refractivity contribution in [1.82, 2.24) is 77.3 Å². The lowest BCUT2D eigenvalue weighted by atomic mass is 9.98. The van der Waals surface area contributed by atoms with Crippen LogP contribution >= 0.6 is 11.8 Å². The molecular weight excluding hydrogens is 1640 g/mol. The number of rotatable bonds is 24. The smallest absolute Gasteiger partial charge is 0.305 e. The third-order valence-electron chi connectivity index (χ3n) is 21.6. The first-order valence-electron chi connectivity index (χ1n) is 42.1. The molecule has 680 valence electrons. The fourth-order valence-corrected chi connectivity index (χ4v) is 15.4. The van der Waals surface area contributed by atoms with Gasteiger partial charge in [-0.05, 0) is 89.2 Å². The van der Waals surface area contributed by atoms with E-state index in [1.165, 1.54) is 93.6 Å². The van der Waals surface area contributed by atoms with E-state index in [1.54, 1.807) is 119 Å². The number of carbonyl (C=O) groups excluding carboxylic acids is 15. The van der Waals surface area contributed by atoms with E-state index in [1.807, 2.05) is 13.8 Å². The first-order chi connectivity index (χ1) is 59.9. The van der Waals surface area contributed by atoms with Crippen LogP contribution in [0.2, 0.25) is 0 Å². The summed E-state index contributed by atoms with van der Waals surface area (Å²) in [6.07, 6.45) is 1.37. The molecule has 0 radical (unpaired) electrons. The molecule has 1 saturated heterocycles. The van der Waals surface area contributed by atoms with Gasteiger partial charge in [0.2, 0.25) is 88.6 Å². The molecule has 36 heteroatoms. The molecule has 7 rings (SSSR count). The maximum absolute atomic E-state index is 15.4. The molecule has 2 heterocycles. The third kappa shape index (κ3) is 30.5. The molecule has 15 amide bonds. The average Bonchev–Trinajstić information content (AvgIpc) is 1.57. The quantitative estimate of drug-likeness (QED) is 0.0413. The zero-order chi connectivity index (χ0) is 92.6. The van der Waals surface area contributed by atoms with Crippen LogP contribution in [-0.2, 0) is 109 Å². The van der Waals surface area contributed by atoms with E-state index < -0.39 is 199 Å². The number of phenolic OH excluding ortho intramolecular Hbond substituents is 2. The minimum Gasteiger partial charge on any atom is -0.508 e. The number of aliphatic carboxylic acids is 1. The van der Waals surface area contributed by atoms with Gasteiger partial charge in [0.1, 0.15) is 78.0 Å². The van der Waals surface area contributed by atoms with Crippen LogP contribution in [0.5, 0.6) is 11.5 Å². The summed E-state index contributed by atoms with van der Waals surface area (Å²) in [6.45, 7) is 8.07. The van der Waals surface area contributed by atoms with E-state index in [4.69, 9.17) is 5.73 Å². The molecule has 15 N–H and O–H groups in total. The van der Waals surface area contributed by atoms with Crippen molar-refractivity contribution in [3.8, 4) is 11.5 Å². The van der Waals surface area contributed by atoms with Gasteiger partial charge in [-0.15, -0.1) is 11.8 Å². The Balaban J connectivity index is 1.33. The van der Waals surface area contributed by atoms with E-state index in [0.717, 1.165) is 26.5 Å². The highest BCUT2D eigenvalue weighted by molar-refractivity contribution is 8.00. The summed E-state index contributed by atoms with van der Waals surface area (Å²) in [5.74, 6) is -17.1. The van der Waals surface area contributed by atoms with Gasteiger partial charge < -0.3 is 98.4 Å². The number of primary amides is 1. The second-order valence-corrected chi connectivity index (χ2v) is 33.5. The second-order valence-electron chi connectivity index (χ2n) is 32.5. The van der Waals surface area contributed by atoms with Crippen LogP contribution in [0.15, 0.2) is 140 Å². The summed E-state index contributed by atoms with van der Waals surface area (Å²) in [6, 6.07) is 19.0. The lowest BCUT2D eigenvalue weighted by molar-refractivity contribution is -0.151. The summed E-state index contributed by atoms with van der Waals surface area (Å²) in [5.41, 5.74) is 8.55. The Morgan fingerprint density at radius 3 is 1.49 bits per heavy atom. The van der Waals surface area contributed by atoms with Crippen molar-refractivity contribution in [2.45, 2.75) is 191 Å². The zero-order valence-electron chi connectivity index (χ0n) is 73.1. The number of carbonyl (C=O) groups is 16. The second kappa shape index (κ2) is 49.0. The molecule has 1 aliphatic heterocycles. The molecule has 6 aromatic rings. The molecular formula is C90H120N16O19S. The molecule has 0 saturated carbocycles. The zero-order valence-corrected chi connectivity index (χ0v) is 73.9. The van der Waals surface area contributed by atoms with Crippen LogP contribution in [0.25, 0.3) is 10.9 Å². The van der Waals surface area contributed by atoms with Crippen LogP contribution < -0.4 is 53.6 Å². The first kappa shape index (κ1) is 100. The lowest BCUT2D eigenvalue weighted by Crippen LogP contribution is -2.61. The van der Waals surface area contributed by atoms with Gasteiger partial charge in [0.25, 0.3) is 0 Å².